The molecular formula is C12H22N4O3S. The first-order valence-electron chi connectivity index (χ1n) is 6.79. The molecule has 0 amide bonds. The Kier molecular flexibility index (Phi) is 5.14. The molecular weight excluding hydrogens is 280 g/mol. The van der Waals surface area contributed by atoms with Gasteiger partial charge < -0.3 is 10.5 Å². The van der Waals surface area contributed by atoms with Crippen molar-refractivity contribution in [3.05, 3.63) is 12.4 Å². The van der Waals surface area contributed by atoms with Crippen molar-refractivity contribution in [1.82, 2.24) is 14.1 Å². The molecule has 0 spiro atoms. The fourth-order valence-electron chi connectivity index (χ4n) is 2.39. The quantitative estimate of drug-likeness (QED) is 0.759. The largest absolute Gasteiger partial charge is 0.384 e. The van der Waals surface area contributed by atoms with Crippen molar-refractivity contribution < 1.29 is 13.2 Å². The first kappa shape index (κ1) is 15.4. The van der Waals surface area contributed by atoms with E-state index < -0.39 is 10.0 Å². The normalized spacial score (nSPS) is 20.6. The van der Waals surface area contributed by atoms with E-state index in [0.29, 0.717) is 32.8 Å². The molecule has 1 aliphatic rings. The lowest BCUT2D eigenvalue weighted by molar-refractivity contribution is 0.157. The molecule has 0 aromatic carbocycles. The van der Waals surface area contributed by atoms with Gasteiger partial charge in [-0.25, -0.2) is 8.42 Å². The Bertz CT molecular complexity index is 529. The number of hydrogen-bond acceptors (Lipinski definition) is 5. The molecule has 2 rings (SSSR count). The van der Waals surface area contributed by atoms with Gasteiger partial charge in [-0.3, -0.25) is 4.68 Å². The summed E-state index contributed by atoms with van der Waals surface area (Å²) in [4.78, 5) is 0.257. The van der Waals surface area contributed by atoms with E-state index in [2.05, 4.69) is 5.10 Å². The molecule has 1 atom stereocenters. The minimum atomic E-state index is -3.43. The van der Waals surface area contributed by atoms with E-state index in [1.54, 1.807) is 18.0 Å². The fourth-order valence-corrected chi connectivity index (χ4v) is 3.88. The van der Waals surface area contributed by atoms with Crippen LogP contribution in [-0.2, 0) is 21.3 Å². The predicted molar refractivity (Wildman–Crippen MR) is 74.6 cm³/mol. The van der Waals surface area contributed by atoms with E-state index in [0.717, 1.165) is 12.8 Å². The van der Waals surface area contributed by atoms with Gasteiger partial charge in [0.1, 0.15) is 4.90 Å². The summed E-state index contributed by atoms with van der Waals surface area (Å²) >= 11 is 0. The first-order chi connectivity index (χ1) is 9.57. The molecule has 0 bridgehead atoms. The van der Waals surface area contributed by atoms with Crippen LogP contribution < -0.4 is 5.73 Å². The number of aromatic nitrogens is 2. The fraction of sp³-hybridized carbons (Fsp3) is 0.750. The van der Waals surface area contributed by atoms with Gasteiger partial charge in [-0.05, 0) is 25.3 Å². The molecule has 1 saturated heterocycles. The van der Waals surface area contributed by atoms with Crippen LogP contribution in [0.5, 0.6) is 0 Å². The Labute approximate surface area is 119 Å². The Balaban J connectivity index is 2.05. The Morgan fingerprint density at radius 3 is 3.05 bits per heavy atom. The summed E-state index contributed by atoms with van der Waals surface area (Å²) in [5, 5.41) is 4.08. The van der Waals surface area contributed by atoms with E-state index >= 15 is 0 Å². The number of nitrogens with zero attached hydrogens (tertiary/aromatic N) is 3. The number of sulfonamides is 1. The van der Waals surface area contributed by atoms with E-state index in [4.69, 9.17) is 10.5 Å². The van der Waals surface area contributed by atoms with Gasteiger partial charge in [0, 0.05) is 32.9 Å². The molecule has 114 valence electrons. The third-order valence-corrected chi connectivity index (χ3v) is 5.31. The van der Waals surface area contributed by atoms with Gasteiger partial charge in [0.05, 0.1) is 12.8 Å². The predicted octanol–water partition coefficient (Wildman–Crippen LogP) is -0.111. The maximum atomic E-state index is 12.5. The number of ether oxygens (including phenoxy) is 1. The van der Waals surface area contributed by atoms with E-state index in [1.165, 1.54) is 10.5 Å². The van der Waals surface area contributed by atoms with Gasteiger partial charge in [-0.1, -0.05) is 0 Å². The number of aryl methyl sites for hydroxylation is 1. The van der Waals surface area contributed by atoms with Gasteiger partial charge in [-0.2, -0.15) is 9.40 Å². The molecule has 1 unspecified atom stereocenters. The first-order valence-corrected chi connectivity index (χ1v) is 8.23. The Morgan fingerprint density at radius 2 is 2.35 bits per heavy atom. The van der Waals surface area contributed by atoms with Crippen molar-refractivity contribution in [3.8, 4) is 0 Å². The molecule has 1 aromatic heterocycles. The highest BCUT2D eigenvalue weighted by Gasteiger charge is 2.33. The van der Waals surface area contributed by atoms with Crippen LogP contribution in [0.25, 0.3) is 0 Å². The standard InChI is InChI=1S/C12H22N4O3S/c1-19-10-11-3-6-16(8-11)20(17,18)12-7-14-15(9-12)5-2-4-13/h7,9,11H,2-6,8,10,13H2,1H3. The summed E-state index contributed by atoms with van der Waals surface area (Å²) in [5.41, 5.74) is 5.43. The topological polar surface area (TPSA) is 90.5 Å². The summed E-state index contributed by atoms with van der Waals surface area (Å²) < 4.78 is 33.2. The van der Waals surface area contributed by atoms with Crippen LogP contribution in [0.4, 0.5) is 0 Å². The highest BCUT2D eigenvalue weighted by Crippen LogP contribution is 2.24. The number of hydrogen-bond donors (Lipinski definition) is 1. The lowest BCUT2D eigenvalue weighted by atomic mass is 10.1. The Hall–Kier alpha value is -0.960. The average Bonchev–Trinajstić information content (AvgIpc) is 3.06. The third kappa shape index (κ3) is 3.38. The van der Waals surface area contributed by atoms with Crippen LogP contribution in [0, 0.1) is 5.92 Å². The molecule has 0 aliphatic carbocycles. The minimum absolute atomic E-state index is 0.257. The van der Waals surface area contributed by atoms with Gasteiger partial charge in [-0.15, -0.1) is 0 Å². The van der Waals surface area contributed by atoms with Crippen LogP contribution in [0.2, 0.25) is 0 Å². The number of rotatable bonds is 7. The molecule has 8 heteroatoms. The third-order valence-electron chi connectivity index (χ3n) is 3.49. The maximum Gasteiger partial charge on any atom is 0.246 e. The highest BCUT2D eigenvalue weighted by molar-refractivity contribution is 7.89. The summed E-state index contributed by atoms with van der Waals surface area (Å²) in [6.45, 7) is 2.86. The second kappa shape index (κ2) is 6.66. The van der Waals surface area contributed by atoms with E-state index in [9.17, 15) is 8.42 Å². The molecule has 0 saturated carbocycles. The Morgan fingerprint density at radius 1 is 1.55 bits per heavy atom. The SMILES string of the molecule is COCC1CCN(S(=O)(=O)c2cnn(CCCN)c2)C1. The van der Waals surface area contributed by atoms with Crippen LogP contribution >= 0.6 is 0 Å². The average molecular weight is 302 g/mol. The van der Waals surface area contributed by atoms with Crippen molar-refractivity contribution in [1.29, 1.82) is 0 Å². The van der Waals surface area contributed by atoms with E-state index in [1.807, 2.05) is 0 Å². The summed E-state index contributed by atoms with van der Waals surface area (Å²) in [7, 11) is -1.79. The summed E-state index contributed by atoms with van der Waals surface area (Å²) in [6, 6.07) is 0. The molecule has 1 aliphatic heterocycles. The summed E-state index contributed by atoms with van der Waals surface area (Å²) in [5.74, 6) is 0.280. The van der Waals surface area contributed by atoms with Crippen molar-refractivity contribution in [2.45, 2.75) is 24.3 Å². The zero-order valence-corrected chi connectivity index (χ0v) is 12.6. The highest BCUT2D eigenvalue weighted by atomic mass is 32.2. The molecule has 20 heavy (non-hydrogen) atoms. The van der Waals surface area contributed by atoms with Crippen molar-refractivity contribution in [3.63, 3.8) is 0 Å². The van der Waals surface area contributed by atoms with Crippen LogP contribution in [0.1, 0.15) is 12.8 Å². The number of nitrogens with two attached hydrogens (primary N) is 1. The molecule has 2 N–H and O–H groups in total. The van der Waals surface area contributed by atoms with E-state index in [-0.39, 0.29) is 10.8 Å². The van der Waals surface area contributed by atoms with Crippen molar-refractivity contribution in [2.24, 2.45) is 11.7 Å². The van der Waals surface area contributed by atoms with Gasteiger partial charge in [0.15, 0.2) is 0 Å². The molecule has 1 fully saturated rings. The maximum absolute atomic E-state index is 12.5. The molecule has 2 heterocycles. The lowest BCUT2D eigenvalue weighted by Crippen LogP contribution is -2.29. The van der Waals surface area contributed by atoms with Crippen molar-refractivity contribution in [2.75, 3.05) is 33.4 Å². The number of methoxy groups -OCH3 is 1. The van der Waals surface area contributed by atoms with Crippen LogP contribution in [-0.4, -0.2) is 55.9 Å². The smallest absolute Gasteiger partial charge is 0.246 e. The van der Waals surface area contributed by atoms with Gasteiger partial charge >= 0.3 is 0 Å². The van der Waals surface area contributed by atoms with Crippen LogP contribution in [0.15, 0.2) is 17.3 Å². The second-order valence-electron chi connectivity index (χ2n) is 5.05. The molecule has 0 radical (unpaired) electrons. The minimum Gasteiger partial charge on any atom is -0.384 e. The molecule has 7 nitrogen and oxygen atoms in total. The monoisotopic (exact) mass is 302 g/mol. The van der Waals surface area contributed by atoms with Crippen LogP contribution in [0.3, 0.4) is 0 Å². The zero-order valence-electron chi connectivity index (χ0n) is 11.7. The van der Waals surface area contributed by atoms with Gasteiger partial charge in [0.2, 0.25) is 10.0 Å². The zero-order chi connectivity index (χ0) is 14.6. The second-order valence-corrected chi connectivity index (χ2v) is 6.99. The molecule has 1 aromatic rings. The lowest BCUT2D eigenvalue weighted by Gasteiger charge is -2.15. The summed E-state index contributed by atoms with van der Waals surface area (Å²) in [6.07, 6.45) is 4.61. The van der Waals surface area contributed by atoms with Crippen molar-refractivity contribution >= 4 is 10.0 Å². The van der Waals surface area contributed by atoms with Gasteiger partial charge in [0.25, 0.3) is 0 Å².